The molecule has 0 aromatic carbocycles. The minimum atomic E-state index is -0.777. The molecule has 0 saturated heterocycles. The molecule has 0 saturated carbocycles. The van der Waals surface area contributed by atoms with Crippen LogP contribution in [0.15, 0.2) is 6.20 Å². The Hall–Kier alpha value is -0.940. The fourth-order valence-electron chi connectivity index (χ4n) is 1.84. The highest BCUT2D eigenvalue weighted by Gasteiger charge is 2.18. The zero-order valence-corrected chi connectivity index (χ0v) is 13.0. The van der Waals surface area contributed by atoms with Crippen molar-refractivity contribution in [2.45, 2.75) is 53.1 Å². The van der Waals surface area contributed by atoms with Crippen LogP contribution in [-0.2, 0) is 17.8 Å². The van der Waals surface area contributed by atoms with Crippen LogP contribution in [0.3, 0.4) is 0 Å². The number of hydrogen-bond acceptors (Lipinski definition) is 4. The Morgan fingerprint density at radius 3 is 2.58 bits per heavy atom. The number of rotatable bonds is 8. The average molecular weight is 284 g/mol. The normalized spacial score (nSPS) is 13.2. The highest BCUT2D eigenvalue weighted by atomic mass is 32.1. The van der Waals surface area contributed by atoms with Gasteiger partial charge in [0.2, 0.25) is 0 Å². The number of carbonyl (C=O) groups is 1. The van der Waals surface area contributed by atoms with Gasteiger partial charge in [-0.05, 0) is 18.3 Å². The summed E-state index contributed by atoms with van der Waals surface area (Å²) < 4.78 is 0. The van der Waals surface area contributed by atoms with Crippen molar-refractivity contribution >= 4 is 17.3 Å². The summed E-state index contributed by atoms with van der Waals surface area (Å²) in [5.74, 6) is 0.187. The first-order chi connectivity index (χ1) is 8.88. The van der Waals surface area contributed by atoms with Gasteiger partial charge in [-0.25, -0.2) is 4.98 Å². The molecular weight excluding hydrogens is 260 g/mol. The maximum atomic E-state index is 11.1. The van der Waals surface area contributed by atoms with Crippen molar-refractivity contribution in [3.63, 3.8) is 0 Å². The van der Waals surface area contributed by atoms with Crippen molar-refractivity contribution in [3.8, 4) is 0 Å². The van der Waals surface area contributed by atoms with E-state index in [2.05, 4.69) is 24.1 Å². The Morgan fingerprint density at radius 1 is 1.37 bits per heavy atom. The molecule has 0 fully saturated rings. The van der Waals surface area contributed by atoms with Crippen molar-refractivity contribution in [1.29, 1.82) is 0 Å². The minimum Gasteiger partial charge on any atom is -0.480 e. The highest BCUT2D eigenvalue weighted by molar-refractivity contribution is 7.11. The number of carboxylic acid groups (broad SMARTS) is 1. The summed E-state index contributed by atoms with van der Waals surface area (Å²) in [7, 11) is 0. The molecule has 1 aromatic rings. The molecule has 1 aromatic heterocycles. The molecule has 1 rings (SSSR count). The SMILES string of the molecule is CC(C)Cc1ncc(CN[C@H](CC(C)C)C(=O)O)s1. The molecule has 1 heterocycles. The second-order valence-electron chi connectivity index (χ2n) is 5.72. The second kappa shape index (κ2) is 7.60. The Bertz CT molecular complexity index is 402. The van der Waals surface area contributed by atoms with E-state index in [-0.39, 0.29) is 0 Å². The number of thiazole rings is 1. The maximum Gasteiger partial charge on any atom is 0.320 e. The van der Waals surface area contributed by atoms with Gasteiger partial charge in [0.1, 0.15) is 6.04 Å². The zero-order chi connectivity index (χ0) is 14.4. The van der Waals surface area contributed by atoms with Crippen molar-refractivity contribution in [3.05, 3.63) is 16.1 Å². The third-order valence-corrected chi connectivity index (χ3v) is 3.73. The first-order valence-corrected chi connectivity index (χ1v) is 7.60. The van der Waals surface area contributed by atoms with E-state index < -0.39 is 12.0 Å². The largest absolute Gasteiger partial charge is 0.480 e. The summed E-state index contributed by atoms with van der Waals surface area (Å²) in [5.41, 5.74) is 0. The van der Waals surface area contributed by atoms with Crippen LogP contribution in [0.25, 0.3) is 0 Å². The lowest BCUT2D eigenvalue weighted by Gasteiger charge is -2.15. The van der Waals surface area contributed by atoms with E-state index >= 15 is 0 Å². The Balaban J connectivity index is 2.49. The van der Waals surface area contributed by atoms with Crippen LogP contribution >= 0.6 is 11.3 Å². The van der Waals surface area contributed by atoms with Crippen LogP contribution in [0.4, 0.5) is 0 Å². The lowest BCUT2D eigenvalue weighted by molar-refractivity contribution is -0.140. The van der Waals surface area contributed by atoms with E-state index in [0.717, 1.165) is 16.3 Å². The van der Waals surface area contributed by atoms with Gasteiger partial charge in [0.05, 0.1) is 5.01 Å². The molecule has 0 bridgehead atoms. The molecule has 2 N–H and O–H groups in total. The van der Waals surface area contributed by atoms with Gasteiger partial charge < -0.3 is 5.11 Å². The Morgan fingerprint density at radius 2 is 2.05 bits per heavy atom. The lowest BCUT2D eigenvalue weighted by Crippen LogP contribution is -2.37. The predicted molar refractivity (Wildman–Crippen MR) is 78.4 cm³/mol. The van der Waals surface area contributed by atoms with Crippen LogP contribution in [0.5, 0.6) is 0 Å². The third kappa shape index (κ3) is 6.16. The summed E-state index contributed by atoms with van der Waals surface area (Å²) in [6, 6.07) is -0.476. The predicted octanol–water partition coefficient (Wildman–Crippen LogP) is 2.93. The first kappa shape index (κ1) is 16.1. The molecule has 108 valence electrons. The summed E-state index contributed by atoms with van der Waals surface area (Å²) >= 11 is 1.67. The molecule has 0 aliphatic carbocycles. The third-order valence-electron chi connectivity index (χ3n) is 2.71. The van der Waals surface area contributed by atoms with Crippen molar-refractivity contribution < 1.29 is 9.90 Å². The smallest absolute Gasteiger partial charge is 0.320 e. The van der Waals surface area contributed by atoms with E-state index in [1.165, 1.54) is 0 Å². The van der Waals surface area contributed by atoms with Crippen LogP contribution in [0.1, 0.15) is 44.0 Å². The summed E-state index contributed by atoms with van der Waals surface area (Å²) in [6.45, 7) is 8.99. The second-order valence-corrected chi connectivity index (χ2v) is 6.92. The molecule has 0 radical (unpaired) electrons. The summed E-state index contributed by atoms with van der Waals surface area (Å²) in [6.07, 6.45) is 3.48. The fourth-order valence-corrected chi connectivity index (χ4v) is 2.93. The van der Waals surface area contributed by atoms with Gasteiger partial charge >= 0.3 is 5.97 Å². The van der Waals surface area contributed by atoms with Gasteiger partial charge in [0.25, 0.3) is 0 Å². The van der Waals surface area contributed by atoms with Gasteiger partial charge in [0, 0.05) is 24.0 Å². The topological polar surface area (TPSA) is 62.2 Å². The molecule has 5 heteroatoms. The van der Waals surface area contributed by atoms with E-state index in [1.807, 2.05) is 20.0 Å². The van der Waals surface area contributed by atoms with Gasteiger partial charge in [0.15, 0.2) is 0 Å². The van der Waals surface area contributed by atoms with Gasteiger partial charge in [-0.2, -0.15) is 0 Å². The average Bonchev–Trinajstić information content (AvgIpc) is 2.70. The summed E-state index contributed by atoms with van der Waals surface area (Å²) in [4.78, 5) is 16.6. The number of carboxylic acids is 1. The molecule has 1 atom stereocenters. The Labute approximate surface area is 119 Å². The number of nitrogens with one attached hydrogen (secondary N) is 1. The minimum absolute atomic E-state index is 0.367. The van der Waals surface area contributed by atoms with Gasteiger partial charge in [-0.1, -0.05) is 27.7 Å². The molecule has 0 aliphatic rings. The van der Waals surface area contributed by atoms with Crippen molar-refractivity contribution in [1.82, 2.24) is 10.3 Å². The maximum absolute atomic E-state index is 11.1. The van der Waals surface area contributed by atoms with Crippen LogP contribution < -0.4 is 5.32 Å². The molecule has 0 unspecified atom stereocenters. The number of aliphatic carboxylic acids is 1. The molecular formula is C14H24N2O2S. The van der Waals surface area contributed by atoms with E-state index in [1.54, 1.807) is 11.3 Å². The summed E-state index contributed by atoms with van der Waals surface area (Å²) in [5, 5.41) is 13.4. The van der Waals surface area contributed by atoms with Crippen LogP contribution in [0.2, 0.25) is 0 Å². The number of nitrogens with zero attached hydrogens (tertiary/aromatic N) is 1. The van der Waals surface area contributed by atoms with Crippen LogP contribution in [0, 0.1) is 11.8 Å². The van der Waals surface area contributed by atoms with Gasteiger partial charge in [-0.3, -0.25) is 10.1 Å². The standard InChI is InChI=1S/C14H24N2O2S/c1-9(2)5-12(14(17)18)15-7-11-8-16-13(19-11)6-10(3)4/h8-10,12,15H,5-7H2,1-4H3,(H,17,18)/t12-/m1/s1. The van der Waals surface area contributed by atoms with Crippen molar-refractivity contribution in [2.75, 3.05) is 0 Å². The number of hydrogen-bond donors (Lipinski definition) is 2. The molecule has 19 heavy (non-hydrogen) atoms. The van der Waals surface area contributed by atoms with Gasteiger partial charge in [-0.15, -0.1) is 11.3 Å². The molecule has 0 amide bonds. The fraction of sp³-hybridized carbons (Fsp3) is 0.714. The number of aromatic nitrogens is 1. The highest BCUT2D eigenvalue weighted by Crippen LogP contribution is 2.17. The first-order valence-electron chi connectivity index (χ1n) is 6.78. The molecule has 0 spiro atoms. The van der Waals surface area contributed by atoms with Crippen LogP contribution in [-0.4, -0.2) is 22.1 Å². The van der Waals surface area contributed by atoms with Crippen molar-refractivity contribution in [2.24, 2.45) is 11.8 Å². The van der Waals surface area contributed by atoms with E-state index in [9.17, 15) is 4.79 Å². The quantitative estimate of drug-likeness (QED) is 0.770. The monoisotopic (exact) mass is 284 g/mol. The zero-order valence-electron chi connectivity index (χ0n) is 12.1. The van der Waals surface area contributed by atoms with E-state index in [0.29, 0.717) is 24.8 Å². The van der Waals surface area contributed by atoms with E-state index in [4.69, 9.17) is 5.11 Å². The molecule has 4 nitrogen and oxygen atoms in total. The Kier molecular flexibility index (Phi) is 6.45. The lowest BCUT2D eigenvalue weighted by atomic mass is 10.0. The molecule has 0 aliphatic heterocycles.